The van der Waals surface area contributed by atoms with E-state index in [1.807, 2.05) is 11.8 Å². The molecule has 7 heteroatoms. The molecule has 1 heterocycles. The van der Waals surface area contributed by atoms with E-state index in [0.29, 0.717) is 11.0 Å². The first-order valence-corrected chi connectivity index (χ1v) is 9.33. The molecule has 1 aliphatic carbocycles. The van der Waals surface area contributed by atoms with Gasteiger partial charge in [0.15, 0.2) is 0 Å². The first-order chi connectivity index (χ1) is 9.46. The van der Waals surface area contributed by atoms with Crippen molar-refractivity contribution in [2.45, 2.75) is 55.9 Å². The second-order valence-corrected chi connectivity index (χ2v) is 8.26. The van der Waals surface area contributed by atoms with Crippen LogP contribution < -0.4 is 4.72 Å². The fourth-order valence-corrected chi connectivity index (χ4v) is 5.22. The molecule has 0 spiro atoms. The Hall–Kier alpha value is -0.500. The van der Waals surface area contributed by atoms with Crippen LogP contribution in [0.2, 0.25) is 0 Å². The highest BCUT2D eigenvalue weighted by Gasteiger charge is 2.30. The van der Waals surface area contributed by atoms with Gasteiger partial charge in [-0.25, -0.2) is 13.1 Å². The standard InChI is InChI=1S/C13H21NO4S2/c1-3-19-12-5-4-10(6-12)14-20(16,17)13-7-11(8-15)18-9(13)2/h7,10,12,14-15H,3-6,8H2,1-2H3. The summed E-state index contributed by atoms with van der Waals surface area (Å²) in [5.74, 6) is 1.65. The number of furan rings is 1. The van der Waals surface area contributed by atoms with Gasteiger partial charge in [-0.2, -0.15) is 11.8 Å². The number of thioether (sulfide) groups is 1. The largest absolute Gasteiger partial charge is 0.462 e. The lowest BCUT2D eigenvalue weighted by molar-refractivity contribution is 0.244. The van der Waals surface area contributed by atoms with Crippen LogP contribution in [0, 0.1) is 6.92 Å². The van der Waals surface area contributed by atoms with E-state index in [2.05, 4.69) is 11.6 Å². The Morgan fingerprint density at radius 2 is 2.25 bits per heavy atom. The summed E-state index contributed by atoms with van der Waals surface area (Å²) in [6.45, 7) is 3.42. The van der Waals surface area contributed by atoms with Gasteiger partial charge in [-0.3, -0.25) is 0 Å². The predicted octanol–water partition coefficient (Wildman–Crippen LogP) is 2.03. The summed E-state index contributed by atoms with van der Waals surface area (Å²) in [7, 11) is -3.57. The molecule has 114 valence electrons. The number of aliphatic hydroxyl groups excluding tert-OH is 1. The molecule has 1 aliphatic rings. The summed E-state index contributed by atoms with van der Waals surface area (Å²) >= 11 is 1.89. The Balaban J connectivity index is 2.06. The van der Waals surface area contributed by atoms with Crippen molar-refractivity contribution < 1.29 is 17.9 Å². The number of aliphatic hydroxyl groups is 1. The first-order valence-electron chi connectivity index (χ1n) is 6.80. The van der Waals surface area contributed by atoms with Crippen molar-refractivity contribution in [2.24, 2.45) is 0 Å². The fraction of sp³-hybridized carbons (Fsp3) is 0.692. The SMILES string of the molecule is CCSC1CCC(NS(=O)(=O)c2cc(CO)oc2C)C1. The lowest BCUT2D eigenvalue weighted by Gasteiger charge is -2.13. The van der Waals surface area contributed by atoms with Gasteiger partial charge in [0, 0.05) is 17.4 Å². The molecule has 1 saturated carbocycles. The molecule has 2 N–H and O–H groups in total. The molecule has 2 rings (SSSR count). The quantitative estimate of drug-likeness (QED) is 0.839. The van der Waals surface area contributed by atoms with Crippen molar-refractivity contribution in [2.75, 3.05) is 5.75 Å². The van der Waals surface area contributed by atoms with Gasteiger partial charge in [0.05, 0.1) is 0 Å². The van der Waals surface area contributed by atoms with Gasteiger partial charge in [0.2, 0.25) is 10.0 Å². The maximum atomic E-state index is 12.3. The second-order valence-electron chi connectivity index (χ2n) is 5.00. The van der Waals surface area contributed by atoms with E-state index < -0.39 is 10.0 Å². The maximum Gasteiger partial charge on any atom is 0.244 e. The van der Waals surface area contributed by atoms with Gasteiger partial charge in [0.1, 0.15) is 23.0 Å². The Morgan fingerprint density at radius 1 is 1.50 bits per heavy atom. The van der Waals surface area contributed by atoms with Crippen LogP contribution in [-0.2, 0) is 16.6 Å². The van der Waals surface area contributed by atoms with E-state index in [1.165, 1.54) is 6.07 Å². The lowest BCUT2D eigenvalue weighted by Crippen LogP contribution is -2.33. The molecule has 0 saturated heterocycles. The Bertz CT molecular complexity index is 553. The summed E-state index contributed by atoms with van der Waals surface area (Å²) in [5.41, 5.74) is 0. The minimum atomic E-state index is -3.57. The predicted molar refractivity (Wildman–Crippen MR) is 79.2 cm³/mol. The summed E-state index contributed by atoms with van der Waals surface area (Å²) in [6, 6.07) is 1.39. The molecule has 0 radical (unpaired) electrons. The number of aryl methyl sites for hydroxylation is 1. The van der Waals surface area contributed by atoms with Crippen molar-refractivity contribution in [3.63, 3.8) is 0 Å². The van der Waals surface area contributed by atoms with Gasteiger partial charge >= 0.3 is 0 Å². The number of nitrogens with one attached hydrogen (secondary N) is 1. The highest BCUT2D eigenvalue weighted by atomic mass is 32.2. The van der Waals surface area contributed by atoms with E-state index in [9.17, 15) is 8.42 Å². The second kappa shape index (κ2) is 6.51. The van der Waals surface area contributed by atoms with Crippen LogP contribution in [0.15, 0.2) is 15.4 Å². The monoisotopic (exact) mass is 319 g/mol. The van der Waals surface area contributed by atoms with Crippen molar-refractivity contribution in [3.8, 4) is 0 Å². The topological polar surface area (TPSA) is 79.5 Å². The molecular weight excluding hydrogens is 298 g/mol. The zero-order valence-corrected chi connectivity index (χ0v) is 13.4. The van der Waals surface area contributed by atoms with Crippen molar-refractivity contribution in [3.05, 3.63) is 17.6 Å². The van der Waals surface area contributed by atoms with Crippen LogP contribution in [0.5, 0.6) is 0 Å². The normalized spacial score (nSPS) is 23.4. The van der Waals surface area contributed by atoms with E-state index in [4.69, 9.17) is 9.52 Å². The highest BCUT2D eigenvalue weighted by molar-refractivity contribution is 7.99. The molecule has 1 aromatic rings. The van der Waals surface area contributed by atoms with E-state index in [1.54, 1.807) is 6.92 Å². The zero-order valence-electron chi connectivity index (χ0n) is 11.8. The van der Waals surface area contributed by atoms with Gasteiger partial charge in [-0.1, -0.05) is 6.92 Å². The third kappa shape index (κ3) is 3.58. The molecule has 0 aliphatic heterocycles. The summed E-state index contributed by atoms with van der Waals surface area (Å²) in [4.78, 5) is 0.133. The third-order valence-corrected chi connectivity index (χ3v) is 6.34. The van der Waals surface area contributed by atoms with Crippen LogP contribution in [-0.4, -0.2) is 30.6 Å². The van der Waals surface area contributed by atoms with Gasteiger partial charge in [-0.15, -0.1) is 0 Å². The average Bonchev–Trinajstić information content (AvgIpc) is 2.96. The Kier molecular flexibility index (Phi) is 5.17. The smallest absolute Gasteiger partial charge is 0.244 e. The lowest BCUT2D eigenvalue weighted by atomic mass is 10.3. The molecule has 5 nitrogen and oxygen atoms in total. The van der Waals surface area contributed by atoms with E-state index in [-0.39, 0.29) is 23.3 Å². The first kappa shape index (κ1) is 15.9. The van der Waals surface area contributed by atoms with Crippen molar-refractivity contribution >= 4 is 21.8 Å². The summed E-state index contributed by atoms with van der Waals surface area (Å²) in [6.07, 6.45) is 2.81. The van der Waals surface area contributed by atoms with Crippen molar-refractivity contribution in [1.29, 1.82) is 0 Å². The minimum absolute atomic E-state index is 0.00377. The Labute approximate surface area is 124 Å². The molecular formula is C13H21NO4S2. The number of hydrogen-bond acceptors (Lipinski definition) is 5. The molecule has 0 amide bonds. The molecule has 1 fully saturated rings. The third-order valence-electron chi connectivity index (χ3n) is 3.48. The fourth-order valence-electron chi connectivity index (χ4n) is 2.59. The molecule has 0 bridgehead atoms. The highest BCUT2D eigenvalue weighted by Crippen LogP contribution is 2.31. The van der Waals surface area contributed by atoms with Crippen LogP contribution in [0.3, 0.4) is 0 Å². The molecule has 1 aromatic heterocycles. The Morgan fingerprint density at radius 3 is 2.85 bits per heavy atom. The average molecular weight is 319 g/mol. The number of rotatable bonds is 6. The zero-order chi connectivity index (χ0) is 14.8. The van der Waals surface area contributed by atoms with Gasteiger partial charge in [0.25, 0.3) is 0 Å². The van der Waals surface area contributed by atoms with Crippen LogP contribution >= 0.6 is 11.8 Å². The van der Waals surface area contributed by atoms with Crippen molar-refractivity contribution in [1.82, 2.24) is 4.72 Å². The van der Waals surface area contributed by atoms with E-state index in [0.717, 1.165) is 25.0 Å². The summed E-state index contributed by atoms with van der Waals surface area (Å²) in [5, 5.41) is 9.55. The molecule has 0 aromatic carbocycles. The molecule has 20 heavy (non-hydrogen) atoms. The molecule has 2 atom stereocenters. The number of sulfonamides is 1. The van der Waals surface area contributed by atoms with Crippen LogP contribution in [0.1, 0.15) is 37.7 Å². The van der Waals surface area contributed by atoms with Gasteiger partial charge in [-0.05, 0) is 31.9 Å². The number of hydrogen-bond donors (Lipinski definition) is 2. The molecule has 2 unspecified atom stereocenters. The van der Waals surface area contributed by atoms with Gasteiger partial charge < -0.3 is 9.52 Å². The van der Waals surface area contributed by atoms with Crippen LogP contribution in [0.25, 0.3) is 0 Å². The maximum absolute atomic E-state index is 12.3. The van der Waals surface area contributed by atoms with E-state index >= 15 is 0 Å². The minimum Gasteiger partial charge on any atom is -0.462 e. The summed E-state index contributed by atoms with van der Waals surface area (Å²) < 4.78 is 32.6. The van der Waals surface area contributed by atoms with Crippen LogP contribution in [0.4, 0.5) is 0 Å².